The summed E-state index contributed by atoms with van der Waals surface area (Å²) in [5.74, 6) is 0.334. The van der Waals surface area contributed by atoms with Crippen molar-refractivity contribution >= 4 is 11.0 Å². The zero-order chi connectivity index (χ0) is 19.0. The Labute approximate surface area is 149 Å². The lowest BCUT2D eigenvalue weighted by Gasteiger charge is -2.11. The summed E-state index contributed by atoms with van der Waals surface area (Å²) >= 11 is 0. The molecule has 0 aliphatic heterocycles. The van der Waals surface area contributed by atoms with E-state index in [9.17, 15) is 18.0 Å². The van der Waals surface area contributed by atoms with Crippen molar-refractivity contribution in [2.45, 2.75) is 6.18 Å². The van der Waals surface area contributed by atoms with Gasteiger partial charge in [0.05, 0.1) is 16.6 Å². The van der Waals surface area contributed by atoms with Crippen molar-refractivity contribution < 1.29 is 17.9 Å². The number of hydrogen-bond acceptors (Lipinski definition) is 4. The predicted molar refractivity (Wildman–Crippen MR) is 91.5 cm³/mol. The van der Waals surface area contributed by atoms with Crippen LogP contribution in [0.1, 0.15) is 5.56 Å². The van der Waals surface area contributed by atoms with Gasteiger partial charge in [-0.1, -0.05) is 6.07 Å². The fourth-order valence-corrected chi connectivity index (χ4v) is 2.71. The number of fused-ring (bicyclic) bond motifs is 1. The first kappa shape index (κ1) is 16.8. The van der Waals surface area contributed by atoms with Crippen LogP contribution in [0.15, 0.2) is 59.8 Å². The molecule has 0 fully saturated rings. The highest BCUT2D eigenvalue weighted by atomic mass is 19.4. The van der Waals surface area contributed by atoms with Gasteiger partial charge in [-0.05, 0) is 30.3 Å². The molecule has 4 rings (SSSR count). The van der Waals surface area contributed by atoms with E-state index in [0.29, 0.717) is 28.0 Å². The first-order valence-electron chi connectivity index (χ1n) is 7.79. The van der Waals surface area contributed by atoms with Gasteiger partial charge in [0.1, 0.15) is 17.1 Å². The minimum atomic E-state index is -4.47. The molecule has 3 heterocycles. The molecule has 0 aliphatic carbocycles. The van der Waals surface area contributed by atoms with Crippen LogP contribution in [0.25, 0.3) is 22.3 Å². The molecule has 0 spiro atoms. The summed E-state index contributed by atoms with van der Waals surface area (Å²) in [5.41, 5.74) is 0.194. The highest BCUT2D eigenvalue weighted by Gasteiger charge is 2.30. The van der Waals surface area contributed by atoms with E-state index in [4.69, 9.17) is 4.74 Å². The van der Waals surface area contributed by atoms with Gasteiger partial charge in [0.25, 0.3) is 0 Å². The Balaban J connectivity index is 1.81. The van der Waals surface area contributed by atoms with E-state index >= 15 is 0 Å². The predicted octanol–water partition coefficient (Wildman–Crippen LogP) is 4.12. The van der Waals surface area contributed by atoms with Crippen LogP contribution in [0.3, 0.4) is 0 Å². The first-order valence-corrected chi connectivity index (χ1v) is 7.79. The normalized spacial score (nSPS) is 11.7. The molecule has 2 N–H and O–H groups in total. The van der Waals surface area contributed by atoms with E-state index in [1.165, 1.54) is 24.5 Å². The van der Waals surface area contributed by atoms with E-state index in [0.717, 1.165) is 12.1 Å². The molecule has 9 heteroatoms. The van der Waals surface area contributed by atoms with Gasteiger partial charge in [0, 0.05) is 24.2 Å². The lowest BCUT2D eigenvalue weighted by Crippen LogP contribution is -2.09. The molecule has 0 saturated carbocycles. The number of nitrogens with one attached hydrogen (secondary N) is 2. The lowest BCUT2D eigenvalue weighted by atomic mass is 10.1. The molecule has 0 radical (unpaired) electrons. The molecule has 136 valence electrons. The SMILES string of the molecule is O=c1nccc(-c2c[nH]c3nccc(Oc4cccc(C(F)(F)F)c4)c23)[nH]1. The van der Waals surface area contributed by atoms with Crippen molar-refractivity contribution in [3.05, 3.63) is 71.0 Å². The molecule has 0 saturated heterocycles. The second kappa shape index (κ2) is 6.27. The van der Waals surface area contributed by atoms with Crippen molar-refractivity contribution in [1.29, 1.82) is 0 Å². The van der Waals surface area contributed by atoms with E-state index in [2.05, 4.69) is 19.9 Å². The van der Waals surface area contributed by atoms with Crippen molar-refractivity contribution in [2.24, 2.45) is 0 Å². The Morgan fingerprint density at radius 2 is 1.85 bits per heavy atom. The highest BCUT2D eigenvalue weighted by molar-refractivity contribution is 5.97. The second-order valence-electron chi connectivity index (χ2n) is 5.65. The van der Waals surface area contributed by atoms with Crippen LogP contribution in [0.5, 0.6) is 11.5 Å². The smallest absolute Gasteiger partial charge is 0.416 e. The van der Waals surface area contributed by atoms with Gasteiger partial charge < -0.3 is 14.7 Å². The largest absolute Gasteiger partial charge is 0.457 e. The van der Waals surface area contributed by atoms with Gasteiger partial charge in [-0.2, -0.15) is 13.2 Å². The standard InChI is InChI=1S/C18H11F3N4O2/c19-18(20,21)10-2-1-3-11(8-10)27-14-5-7-22-16-15(14)12(9-24-16)13-4-6-23-17(26)25-13/h1-9H,(H,22,24)(H,23,25,26). The van der Waals surface area contributed by atoms with Crippen LogP contribution >= 0.6 is 0 Å². The number of rotatable bonds is 3. The molecular weight excluding hydrogens is 361 g/mol. The number of halogens is 3. The highest BCUT2D eigenvalue weighted by Crippen LogP contribution is 2.37. The number of aromatic nitrogens is 4. The number of benzene rings is 1. The average Bonchev–Trinajstić information content (AvgIpc) is 3.06. The summed E-state index contributed by atoms with van der Waals surface area (Å²) < 4.78 is 44.5. The van der Waals surface area contributed by atoms with Crippen LogP contribution in [0.4, 0.5) is 13.2 Å². The third-order valence-electron chi connectivity index (χ3n) is 3.89. The number of nitrogens with zero attached hydrogens (tertiary/aromatic N) is 2. The summed E-state index contributed by atoms with van der Waals surface area (Å²) in [7, 11) is 0. The third kappa shape index (κ3) is 3.26. The molecule has 0 atom stereocenters. The minimum Gasteiger partial charge on any atom is -0.457 e. The Morgan fingerprint density at radius 3 is 2.63 bits per heavy atom. The van der Waals surface area contributed by atoms with E-state index in [1.54, 1.807) is 18.3 Å². The number of H-pyrrole nitrogens is 2. The monoisotopic (exact) mass is 372 g/mol. The third-order valence-corrected chi connectivity index (χ3v) is 3.89. The molecular formula is C18H11F3N4O2. The number of aromatic amines is 2. The van der Waals surface area contributed by atoms with Crippen LogP contribution in [0.2, 0.25) is 0 Å². The Morgan fingerprint density at radius 1 is 1.04 bits per heavy atom. The van der Waals surface area contributed by atoms with Crippen molar-refractivity contribution in [3.8, 4) is 22.8 Å². The minimum absolute atomic E-state index is 0.0349. The molecule has 3 aromatic heterocycles. The van der Waals surface area contributed by atoms with Gasteiger partial charge in [-0.15, -0.1) is 0 Å². The van der Waals surface area contributed by atoms with Crippen molar-refractivity contribution in [2.75, 3.05) is 0 Å². The molecule has 1 aromatic carbocycles. The van der Waals surface area contributed by atoms with Gasteiger partial charge in [-0.25, -0.2) is 14.8 Å². The number of pyridine rings is 1. The van der Waals surface area contributed by atoms with Gasteiger partial charge >= 0.3 is 11.9 Å². The maximum atomic E-state index is 12.9. The van der Waals surface area contributed by atoms with E-state index < -0.39 is 17.4 Å². The molecule has 0 amide bonds. The maximum Gasteiger partial charge on any atom is 0.416 e. The quantitative estimate of drug-likeness (QED) is 0.567. The average molecular weight is 372 g/mol. The van der Waals surface area contributed by atoms with Crippen LogP contribution in [-0.4, -0.2) is 19.9 Å². The van der Waals surface area contributed by atoms with Crippen LogP contribution < -0.4 is 10.4 Å². The molecule has 0 aliphatic rings. The van der Waals surface area contributed by atoms with Crippen LogP contribution in [0, 0.1) is 0 Å². The topological polar surface area (TPSA) is 83.7 Å². The molecule has 4 aromatic rings. The molecule has 6 nitrogen and oxygen atoms in total. The summed E-state index contributed by atoms with van der Waals surface area (Å²) in [6.07, 6.45) is -0.0117. The summed E-state index contributed by atoms with van der Waals surface area (Å²) in [4.78, 5) is 24.8. The molecule has 27 heavy (non-hydrogen) atoms. The van der Waals surface area contributed by atoms with Gasteiger partial charge in [-0.3, -0.25) is 0 Å². The summed E-state index contributed by atoms with van der Waals surface area (Å²) in [5, 5.41) is 0.525. The number of ether oxygens (including phenoxy) is 1. The summed E-state index contributed by atoms with van der Waals surface area (Å²) in [6.45, 7) is 0. The van der Waals surface area contributed by atoms with E-state index in [1.807, 2.05) is 0 Å². The molecule has 0 unspecified atom stereocenters. The lowest BCUT2D eigenvalue weighted by molar-refractivity contribution is -0.137. The number of alkyl halides is 3. The molecule has 0 bridgehead atoms. The number of hydrogen-bond donors (Lipinski definition) is 2. The van der Waals surface area contributed by atoms with Gasteiger partial charge in [0.15, 0.2) is 0 Å². The Bertz CT molecular complexity index is 1180. The maximum absolute atomic E-state index is 12.9. The first-order chi connectivity index (χ1) is 12.9. The van der Waals surface area contributed by atoms with E-state index in [-0.39, 0.29) is 5.75 Å². The zero-order valence-electron chi connectivity index (χ0n) is 13.5. The fraction of sp³-hybridized carbons (Fsp3) is 0.0556. The Hall–Kier alpha value is -3.62. The fourth-order valence-electron chi connectivity index (χ4n) is 2.71. The second-order valence-corrected chi connectivity index (χ2v) is 5.65. The van der Waals surface area contributed by atoms with Crippen molar-refractivity contribution in [3.63, 3.8) is 0 Å². The Kier molecular flexibility index (Phi) is 3.91. The van der Waals surface area contributed by atoms with Gasteiger partial charge in [0.2, 0.25) is 0 Å². The zero-order valence-corrected chi connectivity index (χ0v) is 13.5. The summed E-state index contributed by atoms with van der Waals surface area (Å²) in [6, 6.07) is 7.74. The van der Waals surface area contributed by atoms with Crippen molar-refractivity contribution in [1.82, 2.24) is 19.9 Å². The van der Waals surface area contributed by atoms with Crippen LogP contribution in [-0.2, 0) is 6.18 Å².